The number of carbonyl (C=O) groups is 2. The van der Waals surface area contributed by atoms with Gasteiger partial charge in [0.15, 0.2) is 0 Å². The molecule has 1 rings (SSSR count). The molecule has 124 valence electrons. The minimum Gasteiger partial charge on any atom is -0.547 e. The monoisotopic (exact) mass is 362 g/mol. The predicted molar refractivity (Wildman–Crippen MR) is 66.9 cm³/mol. The molecule has 5 N–H and O–H groups in total. The molecule has 0 spiro atoms. The molecule has 0 aliphatic rings. The van der Waals surface area contributed by atoms with Crippen molar-refractivity contribution >= 4 is 11.9 Å². The fourth-order valence-electron chi connectivity index (χ4n) is 1.24. The minimum atomic E-state index is -2.31. The quantitative estimate of drug-likeness (QED) is 0.307. The van der Waals surface area contributed by atoms with Crippen molar-refractivity contribution in [3.05, 3.63) is 35.9 Å². The van der Waals surface area contributed by atoms with E-state index in [0.717, 1.165) is 0 Å². The first-order chi connectivity index (χ1) is 10.2. The van der Waals surface area contributed by atoms with Gasteiger partial charge in [-0.25, -0.2) is 0 Å². The van der Waals surface area contributed by atoms with E-state index >= 15 is 0 Å². The number of aliphatic hydroxyl groups excluding tert-OH is 5. The van der Waals surface area contributed by atoms with Gasteiger partial charge < -0.3 is 45.3 Å². The van der Waals surface area contributed by atoms with E-state index in [4.69, 9.17) is 25.5 Å². The first kappa shape index (κ1) is 28.8. The second-order valence-electron chi connectivity index (χ2n) is 4.15. The molecule has 0 amide bonds. The molecule has 1 aromatic carbocycles. The Labute approximate surface area is 182 Å². The maximum absolute atomic E-state index is 10.1. The number of benzene rings is 1. The normalized spacial score (nSPS) is 14.4. The molecule has 11 heteroatoms. The van der Waals surface area contributed by atoms with E-state index in [1.54, 1.807) is 18.2 Å². The predicted octanol–water partition coefficient (Wildman–Crippen LogP) is -10.8. The second-order valence-corrected chi connectivity index (χ2v) is 4.15. The number of rotatable bonds is 6. The zero-order valence-corrected chi connectivity index (χ0v) is 17.3. The van der Waals surface area contributed by atoms with Gasteiger partial charge in [0.2, 0.25) is 0 Å². The molecule has 0 radical (unpaired) electrons. The molecule has 1 aromatic rings. The maximum atomic E-state index is 10.1. The number of carbonyl (C=O) groups excluding carboxylic acids is 2. The average Bonchev–Trinajstić information content (AvgIpc) is 2.53. The summed E-state index contributed by atoms with van der Waals surface area (Å²) < 4.78 is 0. The summed E-state index contributed by atoms with van der Waals surface area (Å²) >= 11 is 0. The minimum absolute atomic E-state index is 0. The van der Waals surface area contributed by atoms with Gasteiger partial charge in [0.25, 0.3) is 0 Å². The van der Waals surface area contributed by atoms with Crippen molar-refractivity contribution in [1.29, 1.82) is 0 Å². The second kappa shape index (κ2) is 15.2. The van der Waals surface area contributed by atoms with Crippen LogP contribution < -0.4 is 69.3 Å². The van der Waals surface area contributed by atoms with Crippen molar-refractivity contribution in [2.45, 2.75) is 24.4 Å². The van der Waals surface area contributed by atoms with Crippen LogP contribution in [0.25, 0.3) is 0 Å². The van der Waals surface area contributed by atoms with Gasteiger partial charge in [-0.2, -0.15) is 0 Å². The summed E-state index contributed by atoms with van der Waals surface area (Å²) in [6, 6.07) is 8.06. The van der Waals surface area contributed by atoms with Gasteiger partial charge in [-0.1, -0.05) is 30.3 Å². The summed E-state index contributed by atoms with van der Waals surface area (Å²) in [6.45, 7) is -0.863. The number of aromatic carboxylic acids is 1. The van der Waals surface area contributed by atoms with Crippen LogP contribution in [0.2, 0.25) is 0 Å². The topological polar surface area (TPSA) is 181 Å². The molecular formula is C13H16Na2O9. The third-order valence-electron chi connectivity index (χ3n) is 2.51. The smallest absolute Gasteiger partial charge is 0.547 e. The Morgan fingerprint density at radius 1 is 0.917 bits per heavy atom. The third-order valence-corrected chi connectivity index (χ3v) is 2.51. The number of aliphatic hydroxyl groups is 5. The van der Waals surface area contributed by atoms with Crippen LogP contribution in [0.4, 0.5) is 0 Å². The Kier molecular flexibility index (Phi) is 18.2. The third kappa shape index (κ3) is 10.7. The van der Waals surface area contributed by atoms with Crippen molar-refractivity contribution in [2.24, 2.45) is 0 Å². The Morgan fingerprint density at radius 3 is 1.67 bits per heavy atom. The van der Waals surface area contributed by atoms with E-state index in [0.29, 0.717) is 0 Å². The number of carboxylic acids is 2. The van der Waals surface area contributed by atoms with Gasteiger partial charge in [0, 0.05) is 0 Å². The summed E-state index contributed by atoms with van der Waals surface area (Å²) in [7, 11) is 0. The van der Waals surface area contributed by atoms with Gasteiger partial charge >= 0.3 is 59.1 Å². The molecule has 0 saturated carbocycles. The molecule has 0 bridgehead atoms. The first-order valence-corrected chi connectivity index (χ1v) is 6.02. The van der Waals surface area contributed by atoms with Crippen molar-refractivity contribution in [3.8, 4) is 0 Å². The van der Waals surface area contributed by atoms with Crippen molar-refractivity contribution in [1.82, 2.24) is 0 Å². The first-order valence-electron chi connectivity index (χ1n) is 6.02. The van der Waals surface area contributed by atoms with Crippen LogP contribution in [-0.4, -0.2) is 68.5 Å². The molecule has 0 aromatic heterocycles. The van der Waals surface area contributed by atoms with E-state index in [1.165, 1.54) is 12.1 Å². The summed E-state index contributed by atoms with van der Waals surface area (Å²) in [4.78, 5) is 20.1. The summed E-state index contributed by atoms with van der Waals surface area (Å²) in [6.07, 6.45) is -8.08. The summed E-state index contributed by atoms with van der Waals surface area (Å²) in [5.74, 6) is -3.10. The molecule has 4 atom stereocenters. The number of carboxylic acid groups (broad SMARTS) is 2. The number of hydrogen-bond donors (Lipinski definition) is 5. The average molecular weight is 362 g/mol. The van der Waals surface area contributed by atoms with E-state index in [9.17, 15) is 19.8 Å². The standard InChI is InChI=1S/C7H6O2.C6H12O7.2Na/c8-7(9)6-4-2-1-3-5-6;7-1-2(8)3(9)4(10)5(11)6(12)13;;/h1-5H,(H,8,9);2-5,7-11H,1H2,(H,12,13);;/q;;2*+1/p-2. The number of aliphatic carboxylic acids is 1. The molecule has 0 aliphatic heterocycles. The van der Waals surface area contributed by atoms with Crippen LogP contribution in [0.5, 0.6) is 0 Å². The molecule has 0 fully saturated rings. The zero-order chi connectivity index (χ0) is 17.3. The SMILES string of the molecule is O=C([O-])C(O)C(O)C(O)C(O)CO.O=C([O-])c1ccccc1.[Na+].[Na+]. The largest absolute Gasteiger partial charge is 1.00 e. The molecule has 0 heterocycles. The van der Waals surface area contributed by atoms with Gasteiger partial charge in [0.1, 0.15) is 24.4 Å². The van der Waals surface area contributed by atoms with Crippen LogP contribution >= 0.6 is 0 Å². The van der Waals surface area contributed by atoms with E-state index in [2.05, 4.69) is 0 Å². The molecular weight excluding hydrogens is 346 g/mol. The van der Waals surface area contributed by atoms with E-state index in [1.807, 2.05) is 0 Å². The van der Waals surface area contributed by atoms with Crippen LogP contribution in [0, 0.1) is 0 Å². The molecule has 0 aliphatic carbocycles. The molecule has 9 nitrogen and oxygen atoms in total. The zero-order valence-electron chi connectivity index (χ0n) is 13.3. The Bertz CT molecular complexity index is 472. The summed E-state index contributed by atoms with van der Waals surface area (Å²) in [5, 5.41) is 63.5. The maximum Gasteiger partial charge on any atom is 1.00 e. The Morgan fingerprint density at radius 2 is 1.38 bits per heavy atom. The van der Waals surface area contributed by atoms with Crippen LogP contribution in [0.1, 0.15) is 10.4 Å². The Balaban J connectivity index is -0.000000355. The fourth-order valence-corrected chi connectivity index (χ4v) is 1.24. The van der Waals surface area contributed by atoms with Crippen LogP contribution in [-0.2, 0) is 4.79 Å². The van der Waals surface area contributed by atoms with Crippen molar-refractivity contribution in [3.63, 3.8) is 0 Å². The van der Waals surface area contributed by atoms with E-state index in [-0.39, 0.29) is 64.7 Å². The molecule has 0 saturated heterocycles. The Hall–Kier alpha value is -0.0400. The molecule has 24 heavy (non-hydrogen) atoms. The van der Waals surface area contributed by atoms with Crippen molar-refractivity contribution < 1.29 is 104 Å². The van der Waals surface area contributed by atoms with Gasteiger partial charge in [-0.05, 0) is 5.56 Å². The number of hydrogen-bond acceptors (Lipinski definition) is 9. The fraction of sp³-hybridized carbons (Fsp3) is 0.385. The van der Waals surface area contributed by atoms with Gasteiger partial charge in [-0.3, -0.25) is 0 Å². The van der Waals surface area contributed by atoms with Gasteiger partial charge in [-0.15, -0.1) is 0 Å². The summed E-state index contributed by atoms with van der Waals surface area (Å²) in [5.41, 5.74) is 0.220. The van der Waals surface area contributed by atoms with Crippen molar-refractivity contribution in [2.75, 3.05) is 6.61 Å². The van der Waals surface area contributed by atoms with Crippen LogP contribution in [0.3, 0.4) is 0 Å². The molecule has 4 unspecified atom stereocenters. The van der Waals surface area contributed by atoms with Crippen LogP contribution in [0.15, 0.2) is 30.3 Å². The van der Waals surface area contributed by atoms with E-state index < -0.39 is 43.0 Å². The van der Waals surface area contributed by atoms with Gasteiger partial charge in [0.05, 0.1) is 18.5 Å².